The second kappa shape index (κ2) is 5.56. The molecule has 0 bridgehead atoms. The predicted molar refractivity (Wildman–Crippen MR) is 74.7 cm³/mol. The Morgan fingerprint density at radius 1 is 1.35 bits per heavy atom. The van der Waals surface area contributed by atoms with Crippen LogP contribution in [0.15, 0.2) is 24.4 Å². The van der Waals surface area contributed by atoms with Crippen molar-refractivity contribution in [2.45, 2.75) is 13.8 Å². The monoisotopic (exact) mass is 273 g/mol. The molecule has 1 heterocycles. The zero-order chi connectivity index (χ0) is 14.7. The van der Waals surface area contributed by atoms with Crippen molar-refractivity contribution >= 4 is 17.6 Å². The zero-order valence-electron chi connectivity index (χ0n) is 11.5. The highest BCUT2D eigenvalue weighted by Crippen LogP contribution is 2.27. The maximum atomic E-state index is 10.9. The molecule has 0 radical (unpaired) electrons. The lowest BCUT2D eigenvalue weighted by molar-refractivity contribution is 0.0695. The summed E-state index contributed by atoms with van der Waals surface area (Å²) in [6.07, 6.45) is 1.29. The molecule has 0 spiro atoms. The van der Waals surface area contributed by atoms with E-state index in [0.29, 0.717) is 17.4 Å². The van der Waals surface area contributed by atoms with Gasteiger partial charge >= 0.3 is 5.97 Å². The summed E-state index contributed by atoms with van der Waals surface area (Å²) in [5.41, 5.74) is 2.29. The highest BCUT2D eigenvalue weighted by Gasteiger charge is 2.11. The summed E-state index contributed by atoms with van der Waals surface area (Å²) in [7, 11) is 1.58. The minimum atomic E-state index is -1.04. The summed E-state index contributed by atoms with van der Waals surface area (Å²) < 4.78 is 5.25. The Balaban J connectivity index is 2.33. The number of rotatable bonds is 4. The molecular formula is C14H15N3O3. The maximum Gasteiger partial charge on any atom is 0.339 e. The molecule has 0 saturated carbocycles. The number of carboxylic acid groups (broad SMARTS) is 1. The Kier molecular flexibility index (Phi) is 3.84. The number of nitrogens with one attached hydrogen (secondary N) is 1. The summed E-state index contributed by atoms with van der Waals surface area (Å²) in [4.78, 5) is 19.1. The Bertz CT molecular complexity index is 656. The van der Waals surface area contributed by atoms with Gasteiger partial charge < -0.3 is 15.2 Å². The maximum absolute atomic E-state index is 10.9. The first kappa shape index (κ1) is 13.8. The van der Waals surface area contributed by atoms with Gasteiger partial charge in [-0.3, -0.25) is 0 Å². The van der Waals surface area contributed by atoms with Crippen molar-refractivity contribution in [3.8, 4) is 5.75 Å². The van der Waals surface area contributed by atoms with Gasteiger partial charge in [0.2, 0.25) is 5.95 Å². The Hall–Kier alpha value is -2.63. The van der Waals surface area contributed by atoms with E-state index in [1.165, 1.54) is 6.20 Å². The van der Waals surface area contributed by atoms with E-state index in [1.54, 1.807) is 14.0 Å². The van der Waals surface area contributed by atoms with Crippen molar-refractivity contribution < 1.29 is 14.6 Å². The minimum Gasteiger partial charge on any atom is -0.495 e. The lowest BCUT2D eigenvalue weighted by Crippen LogP contribution is -2.06. The Labute approximate surface area is 116 Å². The number of carbonyl (C=O) groups is 1. The molecule has 1 aromatic carbocycles. The van der Waals surface area contributed by atoms with Crippen molar-refractivity contribution in [3.05, 3.63) is 41.2 Å². The smallest absolute Gasteiger partial charge is 0.339 e. The van der Waals surface area contributed by atoms with E-state index < -0.39 is 5.97 Å². The average molecular weight is 273 g/mol. The van der Waals surface area contributed by atoms with E-state index in [2.05, 4.69) is 15.3 Å². The number of benzene rings is 1. The molecule has 0 aliphatic carbocycles. The first-order valence-electron chi connectivity index (χ1n) is 6.00. The predicted octanol–water partition coefficient (Wildman–Crippen LogP) is 2.54. The van der Waals surface area contributed by atoms with Crippen LogP contribution in [0.5, 0.6) is 5.75 Å². The number of hydrogen-bond acceptors (Lipinski definition) is 5. The number of methoxy groups -OCH3 is 1. The van der Waals surface area contributed by atoms with E-state index in [4.69, 9.17) is 9.84 Å². The van der Waals surface area contributed by atoms with Crippen LogP contribution in [0.3, 0.4) is 0 Å². The molecule has 6 heteroatoms. The summed E-state index contributed by atoms with van der Waals surface area (Å²) in [6, 6.07) is 5.68. The average Bonchev–Trinajstić information content (AvgIpc) is 2.38. The highest BCUT2D eigenvalue weighted by atomic mass is 16.5. The fourth-order valence-electron chi connectivity index (χ4n) is 1.78. The third kappa shape index (κ3) is 2.85. The number of aryl methyl sites for hydroxylation is 2. The van der Waals surface area contributed by atoms with Crippen LogP contribution in [0.25, 0.3) is 0 Å². The van der Waals surface area contributed by atoms with Crippen molar-refractivity contribution in [1.82, 2.24) is 9.97 Å². The van der Waals surface area contributed by atoms with Crippen LogP contribution in [0.2, 0.25) is 0 Å². The van der Waals surface area contributed by atoms with Gasteiger partial charge in [-0.1, -0.05) is 6.07 Å². The Morgan fingerprint density at radius 2 is 2.10 bits per heavy atom. The molecule has 2 aromatic rings. The second-order valence-electron chi connectivity index (χ2n) is 4.33. The van der Waals surface area contributed by atoms with E-state index in [0.717, 1.165) is 11.3 Å². The molecule has 1 aromatic heterocycles. The number of aromatic nitrogens is 2. The van der Waals surface area contributed by atoms with Gasteiger partial charge in [0, 0.05) is 6.20 Å². The number of carboxylic acids is 1. The van der Waals surface area contributed by atoms with Crippen molar-refractivity contribution in [3.63, 3.8) is 0 Å². The number of ether oxygens (including phenoxy) is 1. The van der Waals surface area contributed by atoms with Crippen LogP contribution in [0.1, 0.15) is 21.6 Å². The topological polar surface area (TPSA) is 84.3 Å². The van der Waals surface area contributed by atoms with Gasteiger partial charge in [0.05, 0.1) is 24.1 Å². The summed E-state index contributed by atoms with van der Waals surface area (Å²) >= 11 is 0. The van der Waals surface area contributed by atoms with Crippen LogP contribution in [-0.4, -0.2) is 28.2 Å². The number of nitrogens with zero attached hydrogens (tertiary/aromatic N) is 2. The second-order valence-corrected chi connectivity index (χ2v) is 4.33. The van der Waals surface area contributed by atoms with E-state index in [-0.39, 0.29) is 5.56 Å². The summed E-state index contributed by atoms with van der Waals surface area (Å²) in [5, 5.41) is 12.0. The molecule has 104 valence electrons. The fraction of sp³-hybridized carbons (Fsp3) is 0.214. The van der Waals surface area contributed by atoms with Crippen LogP contribution in [0.4, 0.5) is 11.6 Å². The molecule has 0 unspecified atom stereocenters. The van der Waals surface area contributed by atoms with Gasteiger partial charge in [0.15, 0.2) is 0 Å². The number of anilines is 2. The highest BCUT2D eigenvalue weighted by molar-refractivity contribution is 5.88. The van der Waals surface area contributed by atoms with Crippen LogP contribution in [-0.2, 0) is 0 Å². The molecule has 0 saturated heterocycles. The molecular weight excluding hydrogens is 258 g/mol. The first-order valence-corrected chi connectivity index (χ1v) is 6.00. The quantitative estimate of drug-likeness (QED) is 0.890. The zero-order valence-corrected chi connectivity index (χ0v) is 11.5. The third-order valence-electron chi connectivity index (χ3n) is 2.81. The molecule has 2 rings (SSSR count). The van der Waals surface area contributed by atoms with Crippen molar-refractivity contribution in [1.29, 1.82) is 0 Å². The lowest BCUT2D eigenvalue weighted by atomic mass is 10.2. The molecule has 0 amide bonds. The van der Waals surface area contributed by atoms with Crippen molar-refractivity contribution in [2.75, 3.05) is 12.4 Å². The van der Waals surface area contributed by atoms with Crippen LogP contribution < -0.4 is 10.1 Å². The van der Waals surface area contributed by atoms with E-state index in [9.17, 15) is 4.79 Å². The number of aromatic carboxylic acids is 1. The molecule has 0 aliphatic rings. The van der Waals surface area contributed by atoms with Gasteiger partial charge in [-0.25, -0.2) is 14.8 Å². The molecule has 20 heavy (non-hydrogen) atoms. The van der Waals surface area contributed by atoms with Crippen molar-refractivity contribution in [2.24, 2.45) is 0 Å². The molecule has 6 nitrogen and oxygen atoms in total. The molecule has 0 atom stereocenters. The SMILES string of the molecule is COc1ccc(C)cc1Nc1ncc(C(=O)O)c(C)n1. The summed E-state index contributed by atoms with van der Waals surface area (Å²) in [6.45, 7) is 3.59. The summed E-state index contributed by atoms with van der Waals surface area (Å²) in [5.74, 6) is -0.0437. The van der Waals surface area contributed by atoms with Gasteiger partial charge in [0.25, 0.3) is 0 Å². The van der Waals surface area contributed by atoms with Crippen LogP contribution in [0, 0.1) is 13.8 Å². The number of hydrogen-bond donors (Lipinski definition) is 2. The Morgan fingerprint density at radius 3 is 2.70 bits per heavy atom. The van der Waals surface area contributed by atoms with Crippen LogP contribution >= 0.6 is 0 Å². The van der Waals surface area contributed by atoms with Gasteiger partial charge in [-0.15, -0.1) is 0 Å². The lowest BCUT2D eigenvalue weighted by Gasteiger charge is -2.11. The fourth-order valence-corrected chi connectivity index (χ4v) is 1.78. The molecule has 0 fully saturated rings. The first-order chi connectivity index (χ1) is 9.51. The molecule has 0 aliphatic heterocycles. The van der Waals surface area contributed by atoms with E-state index in [1.807, 2.05) is 25.1 Å². The largest absolute Gasteiger partial charge is 0.495 e. The van der Waals surface area contributed by atoms with Gasteiger partial charge in [-0.05, 0) is 31.5 Å². The minimum absolute atomic E-state index is 0.0896. The molecule has 2 N–H and O–H groups in total. The van der Waals surface area contributed by atoms with E-state index >= 15 is 0 Å². The van der Waals surface area contributed by atoms with Gasteiger partial charge in [0.1, 0.15) is 5.75 Å². The third-order valence-corrected chi connectivity index (χ3v) is 2.81. The normalized spacial score (nSPS) is 10.2. The van der Waals surface area contributed by atoms with Gasteiger partial charge in [-0.2, -0.15) is 0 Å². The standard InChI is InChI=1S/C14H15N3O3/c1-8-4-5-12(20-3)11(6-8)17-14-15-7-10(13(18)19)9(2)16-14/h4-7H,1-3H3,(H,18,19)(H,15,16,17).